The van der Waals surface area contributed by atoms with Crippen molar-refractivity contribution in [3.05, 3.63) is 22.6 Å². The van der Waals surface area contributed by atoms with Gasteiger partial charge in [0, 0.05) is 0 Å². The van der Waals surface area contributed by atoms with Crippen LogP contribution in [0, 0.1) is 11.8 Å². The molecule has 0 bridgehead atoms. The normalized spacial score (nSPS) is 31.9. The average Bonchev–Trinajstić information content (AvgIpc) is 2.45. The summed E-state index contributed by atoms with van der Waals surface area (Å²) in [7, 11) is 0. The van der Waals surface area contributed by atoms with Crippen molar-refractivity contribution >= 4 is 15.9 Å². The molecule has 0 aliphatic heterocycles. The summed E-state index contributed by atoms with van der Waals surface area (Å²) in [5.74, 6) is 1.95. The summed E-state index contributed by atoms with van der Waals surface area (Å²) in [6.45, 7) is 4.39. The van der Waals surface area contributed by atoms with Gasteiger partial charge >= 0.3 is 0 Å². The minimum atomic E-state index is -0.725. The number of rotatable bonds is 2. The van der Waals surface area contributed by atoms with Crippen LogP contribution in [0.25, 0.3) is 0 Å². The highest BCUT2D eigenvalue weighted by molar-refractivity contribution is 9.10. The Labute approximate surface area is 92.4 Å². The number of halogens is 1. The van der Waals surface area contributed by atoms with Crippen molar-refractivity contribution in [2.75, 3.05) is 0 Å². The number of hydrogen-bond donors (Lipinski definition) is 1. The summed E-state index contributed by atoms with van der Waals surface area (Å²) < 4.78 is 6.18. The van der Waals surface area contributed by atoms with Gasteiger partial charge in [-0.15, -0.1) is 0 Å². The third-order valence-electron chi connectivity index (χ3n) is 3.18. The van der Waals surface area contributed by atoms with E-state index in [1.54, 1.807) is 6.26 Å². The zero-order valence-corrected chi connectivity index (χ0v) is 10.0. The Hall–Kier alpha value is -0.280. The van der Waals surface area contributed by atoms with Gasteiger partial charge in [0.2, 0.25) is 0 Å². The predicted molar refractivity (Wildman–Crippen MR) is 57.9 cm³/mol. The number of hydrogen-bond acceptors (Lipinski definition) is 2. The van der Waals surface area contributed by atoms with E-state index in [1.165, 1.54) is 0 Å². The Balaban J connectivity index is 2.11. The monoisotopic (exact) mass is 258 g/mol. The third-order valence-corrected chi connectivity index (χ3v) is 3.81. The standard InChI is InChI=1S/C11H15BrO2/c1-7(2)8-5-11(13,6-8)10-9(12)3-4-14-10/h3-4,7-8,13H,5-6H2,1-2H3. The Bertz CT molecular complexity index is 324. The molecule has 2 rings (SSSR count). The van der Waals surface area contributed by atoms with Gasteiger partial charge in [0.1, 0.15) is 11.4 Å². The first-order valence-corrected chi connectivity index (χ1v) is 5.78. The van der Waals surface area contributed by atoms with Crippen LogP contribution in [0.2, 0.25) is 0 Å². The van der Waals surface area contributed by atoms with Gasteiger partial charge in [-0.25, -0.2) is 0 Å². The van der Waals surface area contributed by atoms with Crippen LogP contribution < -0.4 is 0 Å². The third kappa shape index (κ3) is 1.52. The molecule has 0 saturated heterocycles. The first-order chi connectivity index (χ1) is 6.53. The highest BCUT2D eigenvalue weighted by Crippen LogP contribution is 2.50. The lowest BCUT2D eigenvalue weighted by Crippen LogP contribution is -2.43. The van der Waals surface area contributed by atoms with Gasteiger partial charge in [-0.2, -0.15) is 0 Å². The van der Waals surface area contributed by atoms with Gasteiger partial charge in [0.25, 0.3) is 0 Å². The van der Waals surface area contributed by atoms with Crippen molar-refractivity contribution in [3.63, 3.8) is 0 Å². The summed E-state index contributed by atoms with van der Waals surface area (Å²) in [4.78, 5) is 0. The SMILES string of the molecule is CC(C)C1CC(O)(c2occc2Br)C1. The predicted octanol–water partition coefficient (Wildman–Crippen LogP) is 3.30. The summed E-state index contributed by atoms with van der Waals surface area (Å²) >= 11 is 3.38. The van der Waals surface area contributed by atoms with E-state index >= 15 is 0 Å². The number of aliphatic hydroxyl groups is 1. The molecular formula is C11H15BrO2. The van der Waals surface area contributed by atoms with Gasteiger partial charge in [0.05, 0.1) is 10.7 Å². The fraction of sp³-hybridized carbons (Fsp3) is 0.636. The van der Waals surface area contributed by atoms with Gasteiger partial charge in [-0.1, -0.05) is 13.8 Å². The van der Waals surface area contributed by atoms with E-state index in [4.69, 9.17) is 4.42 Å². The van der Waals surface area contributed by atoms with E-state index in [1.807, 2.05) is 6.07 Å². The second-order valence-corrected chi connectivity index (χ2v) is 5.40. The van der Waals surface area contributed by atoms with Gasteiger partial charge in [0.15, 0.2) is 0 Å². The molecule has 3 heteroatoms. The van der Waals surface area contributed by atoms with E-state index in [-0.39, 0.29) is 0 Å². The smallest absolute Gasteiger partial charge is 0.149 e. The Morgan fingerprint density at radius 3 is 2.64 bits per heavy atom. The van der Waals surface area contributed by atoms with Crippen molar-refractivity contribution < 1.29 is 9.52 Å². The highest BCUT2D eigenvalue weighted by Gasteiger charge is 2.48. The van der Waals surface area contributed by atoms with E-state index in [9.17, 15) is 5.11 Å². The van der Waals surface area contributed by atoms with Crippen LogP contribution in [-0.4, -0.2) is 5.11 Å². The molecule has 2 nitrogen and oxygen atoms in total. The maximum absolute atomic E-state index is 10.2. The lowest BCUT2D eigenvalue weighted by atomic mass is 9.65. The maximum Gasteiger partial charge on any atom is 0.149 e. The molecule has 14 heavy (non-hydrogen) atoms. The molecule has 0 atom stereocenters. The van der Waals surface area contributed by atoms with Crippen LogP contribution in [0.15, 0.2) is 21.2 Å². The van der Waals surface area contributed by atoms with Crippen LogP contribution in [0.1, 0.15) is 32.4 Å². The molecular weight excluding hydrogens is 244 g/mol. The second-order valence-electron chi connectivity index (χ2n) is 4.54. The first kappa shape index (κ1) is 10.2. The molecule has 1 fully saturated rings. The molecule has 1 aromatic rings. The first-order valence-electron chi connectivity index (χ1n) is 4.99. The van der Waals surface area contributed by atoms with E-state index in [0.29, 0.717) is 17.6 Å². The van der Waals surface area contributed by atoms with E-state index < -0.39 is 5.60 Å². The van der Waals surface area contributed by atoms with Crippen molar-refractivity contribution in [2.24, 2.45) is 11.8 Å². The van der Waals surface area contributed by atoms with Crippen molar-refractivity contribution in [2.45, 2.75) is 32.3 Å². The van der Waals surface area contributed by atoms with Crippen LogP contribution in [-0.2, 0) is 5.60 Å². The summed E-state index contributed by atoms with van der Waals surface area (Å²) in [6.07, 6.45) is 3.24. The molecule has 0 radical (unpaired) electrons. The fourth-order valence-corrected chi connectivity index (χ4v) is 2.66. The number of furan rings is 1. The highest BCUT2D eigenvalue weighted by atomic mass is 79.9. The maximum atomic E-state index is 10.2. The lowest BCUT2D eigenvalue weighted by molar-refractivity contribution is -0.108. The van der Waals surface area contributed by atoms with Gasteiger partial charge in [-0.3, -0.25) is 0 Å². The van der Waals surface area contributed by atoms with Crippen molar-refractivity contribution in [1.82, 2.24) is 0 Å². The molecule has 0 unspecified atom stereocenters. The summed E-state index contributed by atoms with van der Waals surface area (Å²) in [5.41, 5.74) is -0.725. The summed E-state index contributed by atoms with van der Waals surface area (Å²) in [6, 6.07) is 1.83. The molecule has 1 aliphatic rings. The lowest BCUT2D eigenvalue weighted by Gasteiger charge is -2.44. The Kier molecular flexibility index (Phi) is 2.48. The molecule has 78 valence electrons. The molecule has 1 heterocycles. The van der Waals surface area contributed by atoms with Crippen LogP contribution in [0.4, 0.5) is 0 Å². The molecule has 1 saturated carbocycles. The van der Waals surface area contributed by atoms with Crippen LogP contribution >= 0.6 is 15.9 Å². The minimum absolute atomic E-state index is 0.622. The Morgan fingerprint density at radius 2 is 2.21 bits per heavy atom. The molecule has 0 aromatic carbocycles. The Morgan fingerprint density at radius 1 is 1.57 bits per heavy atom. The second kappa shape index (κ2) is 3.38. The average molecular weight is 259 g/mol. The zero-order valence-electron chi connectivity index (χ0n) is 8.46. The quantitative estimate of drug-likeness (QED) is 0.884. The van der Waals surface area contributed by atoms with Crippen molar-refractivity contribution in [1.29, 1.82) is 0 Å². The van der Waals surface area contributed by atoms with E-state index in [0.717, 1.165) is 17.3 Å². The summed E-state index contributed by atoms with van der Waals surface area (Å²) in [5, 5.41) is 10.2. The van der Waals surface area contributed by atoms with Crippen LogP contribution in [0.5, 0.6) is 0 Å². The molecule has 0 spiro atoms. The van der Waals surface area contributed by atoms with Gasteiger partial charge < -0.3 is 9.52 Å². The zero-order chi connectivity index (χ0) is 10.3. The van der Waals surface area contributed by atoms with Gasteiger partial charge in [-0.05, 0) is 46.7 Å². The topological polar surface area (TPSA) is 33.4 Å². The molecule has 1 aromatic heterocycles. The van der Waals surface area contributed by atoms with Crippen molar-refractivity contribution in [3.8, 4) is 0 Å². The molecule has 1 aliphatic carbocycles. The van der Waals surface area contributed by atoms with E-state index in [2.05, 4.69) is 29.8 Å². The molecule has 0 amide bonds. The minimum Gasteiger partial charge on any atom is -0.465 e. The molecule has 1 N–H and O–H groups in total. The fourth-order valence-electron chi connectivity index (χ4n) is 2.09. The largest absolute Gasteiger partial charge is 0.465 e. The van der Waals surface area contributed by atoms with Crippen LogP contribution in [0.3, 0.4) is 0 Å².